The standard InChI is InChI=1S/C15H19N3O2S/c1-2-14-16-7-13(8-17-14)15(20)18-6-12(9-19)5-11-3-4-21-10-11/h3-4,7-8,10,12,19H,2,5-6,9H2,1H3,(H,18,20). The third kappa shape index (κ3) is 4.61. The maximum absolute atomic E-state index is 12.0. The second-order valence-electron chi connectivity index (χ2n) is 4.84. The molecule has 0 bridgehead atoms. The summed E-state index contributed by atoms with van der Waals surface area (Å²) < 4.78 is 0. The highest BCUT2D eigenvalue weighted by molar-refractivity contribution is 7.07. The molecule has 0 aliphatic rings. The van der Waals surface area contributed by atoms with Crippen molar-refractivity contribution in [2.24, 2.45) is 5.92 Å². The molecular formula is C15H19N3O2S. The molecule has 2 heterocycles. The van der Waals surface area contributed by atoms with Crippen LogP contribution in [-0.4, -0.2) is 34.1 Å². The average molecular weight is 305 g/mol. The number of aliphatic hydroxyl groups excluding tert-OH is 1. The summed E-state index contributed by atoms with van der Waals surface area (Å²) in [6.07, 6.45) is 4.57. The van der Waals surface area contributed by atoms with Gasteiger partial charge in [-0.25, -0.2) is 9.97 Å². The number of carbonyl (C=O) groups excluding carboxylic acids is 1. The molecule has 5 nitrogen and oxygen atoms in total. The van der Waals surface area contributed by atoms with Gasteiger partial charge in [-0.2, -0.15) is 11.3 Å². The van der Waals surface area contributed by atoms with Crippen LogP contribution < -0.4 is 5.32 Å². The summed E-state index contributed by atoms with van der Waals surface area (Å²) in [7, 11) is 0. The van der Waals surface area contributed by atoms with Crippen LogP contribution >= 0.6 is 11.3 Å². The normalized spacial score (nSPS) is 12.1. The zero-order chi connectivity index (χ0) is 15.1. The van der Waals surface area contributed by atoms with Crippen molar-refractivity contribution in [2.45, 2.75) is 19.8 Å². The van der Waals surface area contributed by atoms with E-state index in [0.717, 1.165) is 18.7 Å². The molecule has 0 fully saturated rings. The van der Waals surface area contributed by atoms with Crippen LogP contribution in [0.15, 0.2) is 29.2 Å². The second kappa shape index (κ2) is 7.85. The maximum Gasteiger partial charge on any atom is 0.254 e. The average Bonchev–Trinajstić information content (AvgIpc) is 3.04. The summed E-state index contributed by atoms with van der Waals surface area (Å²) in [4.78, 5) is 20.2. The lowest BCUT2D eigenvalue weighted by molar-refractivity contribution is 0.0939. The van der Waals surface area contributed by atoms with Crippen LogP contribution in [-0.2, 0) is 12.8 Å². The van der Waals surface area contributed by atoms with Crippen molar-refractivity contribution in [1.82, 2.24) is 15.3 Å². The number of rotatable bonds is 7. The summed E-state index contributed by atoms with van der Waals surface area (Å²) in [5, 5.41) is 16.3. The minimum Gasteiger partial charge on any atom is -0.396 e. The minimum absolute atomic E-state index is 0.0133. The smallest absolute Gasteiger partial charge is 0.254 e. The number of nitrogens with zero attached hydrogens (tertiary/aromatic N) is 2. The number of aryl methyl sites for hydroxylation is 1. The van der Waals surface area contributed by atoms with E-state index in [2.05, 4.69) is 20.7 Å². The van der Waals surface area contributed by atoms with Gasteiger partial charge in [0.2, 0.25) is 0 Å². The van der Waals surface area contributed by atoms with Crippen LogP contribution in [0.3, 0.4) is 0 Å². The van der Waals surface area contributed by atoms with Gasteiger partial charge in [-0.05, 0) is 28.8 Å². The monoisotopic (exact) mass is 305 g/mol. The Kier molecular flexibility index (Phi) is 5.83. The van der Waals surface area contributed by atoms with E-state index in [9.17, 15) is 9.90 Å². The first-order valence-electron chi connectivity index (χ1n) is 6.94. The van der Waals surface area contributed by atoms with Gasteiger partial charge in [-0.15, -0.1) is 0 Å². The quantitative estimate of drug-likeness (QED) is 0.816. The fourth-order valence-electron chi connectivity index (χ4n) is 1.94. The molecule has 1 amide bonds. The van der Waals surface area contributed by atoms with Gasteiger partial charge in [0.05, 0.1) is 5.56 Å². The summed E-state index contributed by atoms with van der Waals surface area (Å²) in [5.41, 5.74) is 1.63. The van der Waals surface area contributed by atoms with Crippen LogP contribution in [0.25, 0.3) is 0 Å². The van der Waals surface area contributed by atoms with Gasteiger partial charge < -0.3 is 10.4 Å². The predicted octanol–water partition coefficient (Wildman–Crippen LogP) is 1.68. The van der Waals surface area contributed by atoms with Crippen molar-refractivity contribution in [3.05, 3.63) is 46.2 Å². The molecule has 0 spiro atoms. The van der Waals surface area contributed by atoms with E-state index in [1.807, 2.05) is 18.4 Å². The van der Waals surface area contributed by atoms with Gasteiger partial charge in [0.25, 0.3) is 5.91 Å². The van der Waals surface area contributed by atoms with E-state index in [1.54, 1.807) is 11.3 Å². The van der Waals surface area contributed by atoms with Gasteiger partial charge in [0.15, 0.2) is 0 Å². The number of hydrogen-bond acceptors (Lipinski definition) is 5. The SMILES string of the molecule is CCc1ncc(C(=O)NCC(CO)Cc2ccsc2)cn1. The van der Waals surface area contributed by atoms with Crippen LogP contribution in [0, 0.1) is 5.92 Å². The molecule has 2 aromatic rings. The fraction of sp³-hybridized carbons (Fsp3) is 0.400. The van der Waals surface area contributed by atoms with Gasteiger partial charge in [0.1, 0.15) is 5.82 Å². The van der Waals surface area contributed by atoms with Crippen molar-refractivity contribution < 1.29 is 9.90 Å². The van der Waals surface area contributed by atoms with E-state index in [1.165, 1.54) is 18.0 Å². The molecule has 0 aliphatic heterocycles. The third-order valence-corrected chi connectivity index (χ3v) is 3.93. The Bertz CT molecular complexity index is 555. The lowest BCUT2D eigenvalue weighted by Gasteiger charge is -2.14. The van der Waals surface area contributed by atoms with Crippen LogP contribution in [0.4, 0.5) is 0 Å². The van der Waals surface area contributed by atoms with E-state index in [-0.39, 0.29) is 18.4 Å². The van der Waals surface area contributed by atoms with Gasteiger partial charge in [-0.3, -0.25) is 4.79 Å². The maximum atomic E-state index is 12.0. The van der Waals surface area contributed by atoms with Crippen LogP contribution in [0.5, 0.6) is 0 Å². The molecule has 1 atom stereocenters. The number of aromatic nitrogens is 2. The molecule has 112 valence electrons. The van der Waals surface area contributed by atoms with Crippen molar-refractivity contribution >= 4 is 17.2 Å². The Balaban J connectivity index is 1.86. The molecule has 0 aliphatic carbocycles. The Labute approximate surface area is 128 Å². The highest BCUT2D eigenvalue weighted by Gasteiger charge is 2.12. The van der Waals surface area contributed by atoms with E-state index in [4.69, 9.17) is 0 Å². The van der Waals surface area contributed by atoms with Crippen LogP contribution in [0.2, 0.25) is 0 Å². The zero-order valence-corrected chi connectivity index (χ0v) is 12.8. The van der Waals surface area contributed by atoms with Crippen molar-refractivity contribution in [1.29, 1.82) is 0 Å². The highest BCUT2D eigenvalue weighted by atomic mass is 32.1. The van der Waals surface area contributed by atoms with Crippen molar-refractivity contribution in [3.8, 4) is 0 Å². The molecule has 0 radical (unpaired) electrons. The number of carbonyl (C=O) groups is 1. The number of thiophene rings is 1. The van der Waals surface area contributed by atoms with Gasteiger partial charge in [0, 0.05) is 37.9 Å². The summed E-state index contributed by atoms with van der Waals surface area (Å²) in [5.74, 6) is 0.526. The third-order valence-electron chi connectivity index (χ3n) is 3.20. The van der Waals surface area contributed by atoms with E-state index >= 15 is 0 Å². The molecule has 6 heteroatoms. The van der Waals surface area contributed by atoms with Gasteiger partial charge >= 0.3 is 0 Å². The zero-order valence-electron chi connectivity index (χ0n) is 12.0. The Morgan fingerprint density at radius 1 is 1.43 bits per heavy atom. The Morgan fingerprint density at radius 2 is 2.19 bits per heavy atom. The summed E-state index contributed by atoms with van der Waals surface area (Å²) in [6, 6.07) is 2.03. The van der Waals surface area contributed by atoms with Gasteiger partial charge in [-0.1, -0.05) is 6.92 Å². The molecule has 0 aromatic carbocycles. The Morgan fingerprint density at radius 3 is 2.76 bits per heavy atom. The first-order valence-corrected chi connectivity index (χ1v) is 7.88. The van der Waals surface area contributed by atoms with E-state index in [0.29, 0.717) is 12.1 Å². The predicted molar refractivity (Wildman–Crippen MR) is 82.3 cm³/mol. The fourth-order valence-corrected chi connectivity index (χ4v) is 2.62. The van der Waals surface area contributed by atoms with Crippen molar-refractivity contribution in [3.63, 3.8) is 0 Å². The number of nitrogens with one attached hydrogen (secondary N) is 1. The minimum atomic E-state index is -0.207. The number of aliphatic hydroxyl groups is 1. The Hall–Kier alpha value is -1.79. The molecule has 2 N–H and O–H groups in total. The molecule has 21 heavy (non-hydrogen) atoms. The largest absolute Gasteiger partial charge is 0.396 e. The first-order chi connectivity index (χ1) is 10.2. The van der Waals surface area contributed by atoms with Crippen molar-refractivity contribution in [2.75, 3.05) is 13.2 Å². The molecule has 2 aromatic heterocycles. The molecule has 1 unspecified atom stereocenters. The first kappa shape index (κ1) is 15.6. The molecule has 0 saturated carbocycles. The second-order valence-corrected chi connectivity index (χ2v) is 5.62. The lowest BCUT2D eigenvalue weighted by atomic mass is 10.0. The van der Waals surface area contributed by atoms with E-state index < -0.39 is 0 Å². The summed E-state index contributed by atoms with van der Waals surface area (Å²) >= 11 is 1.63. The summed E-state index contributed by atoms with van der Waals surface area (Å²) in [6.45, 7) is 2.44. The molecule has 2 rings (SSSR count). The molecule has 0 saturated heterocycles. The number of amides is 1. The van der Waals surface area contributed by atoms with Crippen LogP contribution in [0.1, 0.15) is 28.7 Å². The highest BCUT2D eigenvalue weighted by Crippen LogP contribution is 2.12. The number of hydrogen-bond donors (Lipinski definition) is 2. The topological polar surface area (TPSA) is 75.1 Å². The lowest BCUT2D eigenvalue weighted by Crippen LogP contribution is -2.32. The molecular weight excluding hydrogens is 286 g/mol.